The number of nitro groups is 1. The third-order valence-electron chi connectivity index (χ3n) is 7.68. The number of thioether (sulfide) groups is 1. The predicted molar refractivity (Wildman–Crippen MR) is 160 cm³/mol. The molecule has 2 aromatic carbocycles. The van der Waals surface area contributed by atoms with E-state index < -0.39 is 4.92 Å². The molecule has 210 valence electrons. The van der Waals surface area contributed by atoms with Crippen molar-refractivity contribution in [3.8, 4) is 0 Å². The highest BCUT2D eigenvalue weighted by Crippen LogP contribution is 2.29. The summed E-state index contributed by atoms with van der Waals surface area (Å²) in [5.41, 5.74) is 2.68. The quantitative estimate of drug-likeness (QED) is 0.104. The fraction of sp³-hybridized carbons (Fsp3) is 0.414. The van der Waals surface area contributed by atoms with Crippen LogP contribution < -0.4 is 9.80 Å². The van der Waals surface area contributed by atoms with Gasteiger partial charge in [0.05, 0.1) is 4.92 Å². The van der Waals surface area contributed by atoms with Crippen molar-refractivity contribution in [2.75, 3.05) is 43.0 Å². The number of aromatic nitrogens is 2. The molecule has 11 heteroatoms. The van der Waals surface area contributed by atoms with Crippen molar-refractivity contribution in [1.82, 2.24) is 14.9 Å². The van der Waals surface area contributed by atoms with Gasteiger partial charge in [0.15, 0.2) is 5.16 Å². The molecule has 40 heavy (non-hydrogen) atoms. The van der Waals surface area contributed by atoms with Gasteiger partial charge in [0, 0.05) is 74.5 Å². The van der Waals surface area contributed by atoms with Gasteiger partial charge in [-0.2, -0.15) is 0 Å². The van der Waals surface area contributed by atoms with E-state index in [2.05, 4.69) is 21.8 Å². The number of hydrogen-bond acceptors (Lipinski definition) is 8. The number of carbonyl (C=O) groups is 1. The number of carbonyl (C=O) groups excluding carboxylic acids is 1. The fourth-order valence-electron chi connectivity index (χ4n) is 5.36. The minimum absolute atomic E-state index is 0.00518. The Labute approximate surface area is 243 Å². The maximum atomic E-state index is 13.3. The van der Waals surface area contributed by atoms with Crippen LogP contribution in [0.25, 0.3) is 0 Å². The summed E-state index contributed by atoms with van der Waals surface area (Å²) in [5, 5.41) is 12.0. The highest BCUT2D eigenvalue weighted by molar-refractivity contribution is 7.98. The lowest BCUT2D eigenvalue weighted by Crippen LogP contribution is -2.48. The molecule has 1 aliphatic carbocycles. The summed E-state index contributed by atoms with van der Waals surface area (Å²) >= 11 is 7.88. The van der Waals surface area contributed by atoms with Gasteiger partial charge in [-0.3, -0.25) is 14.9 Å². The van der Waals surface area contributed by atoms with Crippen LogP contribution in [0.5, 0.6) is 0 Å². The highest BCUT2D eigenvalue weighted by atomic mass is 35.5. The van der Waals surface area contributed by atoms with Crippen LogP contribution in [0.3, 0.4) is 0 Å². The summed E-state index contributed by atoms with van der Waals surface area (Å²) < 4.78 is 0. The van der Waals surface area contributed by atoms with E-state index in [1.165, 1.54) is 56.0 Å². The van der Waals surface area contributed by atoms with Crippen LogP contribution in [-0.2, 0) is 5.75 Å². The van der Waals surface area contributed by atoms with E-state index in [-0.39, 0.29) is 11.6 Å². The number of halogens is 1. The molecule has 0 bridgehead atoms. The van der Waals surface area contributed by atoms with E-state index in [0.29, 0.717) is 53.8 Å². The summed E-state index contributed by atoms with van der Waals surface area (Å²) in [6.07, 6.45) is 6.15. The smallest absolute Gasteiger partial charge is 0.269 e. The van der Waals surface area contributed by atoms with Gasteiger partial charge >= 0.3 is 0 Å². The highest BCUT2D eigenvalue weighted by Gasteiger charge is 2.23. The van der Waals surface area contributed by atoms with Gasteiger partial charge in [-0.15, -0.1) is 0 Å². The van der Waals surface area contributed by atoms with Crippen molar-refractivity contribution >= 4 is 46.5 Å². The lowest BCUT2D eigenvalue weighted by atomic mass is 9.94. The summed E-state index contributed by atoms with van der Waals surface area (Å²) in [6.45, 7) is 2.51. The molecule has 0 atom stereocenters. The molecule has 2 fully saturated rings. The second-order valence-corrected chi connectivity index (χ2v) is 11.6. The van der Waals surface area contributed by atoms with E-state index in [1.54, 1.807) is 12.1 Å². The Bertz CT molecular complexity index is 1340. The Morgan fingerprint density at radius 3 is 2.48 bits per heavy atom. The Kier molecular flexibility index (Phi) is 9.06. The molecule has 0 radical (unpaired) electrons. The van der Waals surface area contributed by atoms with E-state index in [1.807, 2.05) is 35.2 Å². The summed E-state index contributed by atoms with van der Waals surface area (Å²) in [4.78, 5) is 39.3. The number of amides is 1. The third-order valence-corrected chi connectivity index (χ3v) is 8.79. The van der Waals surface area contributed by atoms with Gasteiger partial charge in [0.1, 0.15) is 11.0 Å². The Morgan fingerprint density at radius 1 is 1.05 bits per heavy atom. The second-order valence-electron chi connectivity index (χ2n) is 10.3. The van der Waals surface area contributed by atoms with Crippen LogP contribution >= 0.6 is 23.4 Å². The average molecular weight is 581 g/mol. The van der Waals surface area contributed by atoms with E-state index >= 15 is 0 Å². The molecule has 2 aliphatic rings. The maximum absolute atomic E-state index is 13.3. The number of rotatable bonds is 8. The monoisotopic (exact) mass is 580 g/mol. The maximum Gasteiger partial charge on any atom is 0.269 e. The molecule has 0 spiro atoms. The molecule has 3 aromatic rings. The van der Waals surface area contributed by atoms with Gasteiger partial charge in [-0.1, -0.05) is 54.8 Å². The molecule has 5 rings (SSSR count). The lowest BCUT2D eigenvalue weighted by Gasteiger charge is -2.36. The number of hydrogen-bond donors (Lipinski definition) is 0. The molecule has 0 unspecified atom stereocenters. The number of piperazine rings is 1. The molecule has 1 amide bonds. The van der Waals surface area contributed by atoms with Crippen LogP contribution in [0, 0.1) is 10.1 Å². The molecule has 2 heterocycles. The predicted octanol–water partition coefficient (Wildman–Crippen LogP) is 6.06. The first kappa shape index (κ1) is 28.2. The number of anilines is 2. The third kappa shape index (κ3) is 6.85. The number of benzene rings is 2. The van der Waals surface area contributed by atoms with Crippen LogP contribution in [0.1, 0.15) is 48.0 Å². The van der Waals surface area contributed by atoms with E-state index in [4.69, 9.17) is 16.6 Å². The van der Waals surface area contributed by atoms with Crippen molar-refractivity contribution in [3.05, 3.63) is 81.0 Å². The summed E-state index contributed by atoms with van der Waals surface area (Å²) in [6, 6.07) is 16.6. The molecule has 1 aromatic heterocycles. The second kappa shape index (κ2) is 12.9. The Hall–Kier alpha value is -3.37. The van der Waals surface area contributed by atoms with E-state index in [0.717, 1.165) is 17.1 Å². The molecule has 9 nitrogen and oxygen atoms in total. The molecular formula is C29H33ClN6O3S. The van der Waals surface area contributed by atoms with Gasteiger partial charge in [0.25, 0.3) is 11.6 Å². The fourth-order valence-corrected chi connectivity index (χ4v) is 6.39. The summed E-state index contributed by atoms with van der Waals surface area (Å²) in [7, 11) is 2.09. The topological polar surface area (TPSA) is 95.7 Å². The first-order valence-electron chi connectivity index (χ1n) is 13.7. The van der Waals surface area contributed by atoms with Crippen LogP contribution in [0.15, 0.2) is 59.8 Å². The van der Waals surface area contributed by atoms with Crippen LogP contribution in [0.2, 0.25) is 5.15 Å². The number of nitrogens with zero attached hydrogens (tertiary/aromatic N) is 6. The van der Waals surface area contributed by atoms with Crippen molar-refractivity contribution < 1.29 is 9.72 Å². The Balaban J connectivity index is 1.18. The van der Waals surface area contributed by atoms with Crippen molar-refractivity contribution in [2.45, 2.75) is 49.1 Å². The Morgan fingerprint density at radius 2 is 1.77 bits per heavy atom. The first-order valence-corrected chi connectivity index (χ1v) is 15.0. The van der Waals surface area contributed by atoms with Gasteiger partial charge < -0.3 is 14.7 Å². The molecule has 1 saturated carbocycles. The standard InChI is InChI=1S/C29H33ClN6O3S/c1-33(23-8-3-2-4-9-23)27-19-26(30)31-29(32-27)40-20-21-6-5-7-22(18-21)28(37)35-16-14-34(15-17-35)24-10-12-25(13-11-24)36(38)39/h5-7,10-13,18-19,23H,2-4,8-9,14-17,20H2,1H3. The van der Waals surface area contributed by atoms with Gasteiger partial charge in [0.2, 0.25) is 0 Å². The normalized spacial score (nSPS) is 16.1. The lowest BCUT2D eigenvalue weighted by molar-refractivity contribution is -0.384. The molecule has 1 aliphatic heterocycles. The zero-order valence-electron chi connectivity index (χ0n) is 22.5. The van der Waals surface area contributed by atoms with E-state index in [9.17, 15) is 14.9 Å². The van der Waals surface area contributed by atoms with Gasteiger partial charge in [-0.25, -0.2) is 9.97 Å². The SMILES string of the molecule is CN(c1cc(Cl)nc(SCc2cccc(C(=O)N3CCN(c4ccc([N+](=O)[O-])cc4)CC3)c2)n1)C1CCCCC1. The minimum atomic E-state index is -0.400. The van der Waals surface area contributed by atoms with Gasteiger partial charge in [-0.05, 0) is 42.7 Å². The zero-order valence-corrected chi connectivity index (χ0v) is 24.1. The zero-order chi connectivity index (χ0) is 28.1. The first-order chi connectivity index (χ1) is 19.4. The van der Waals surface area contributed by atoms with Crippen LogP contribution in [0.4, 0.5) is 17.2 Å². The minimum Gasteiger partial charge on any atom is -0.368 e. The largest absolute Gasteiger partial charge is 0.368 e. The number of nitro benzene ring substituents is 1. The summed E-state index contributed by atoms with van der Waals surface area (Å²) in [5.74, 6) is 1.49. The molecule has 1 saturated heterocycles. The molecule has 0 N–H and O–H groups in total. The van der Waals surface area contributed by atoms with Crippen LogP contribution in [-0.4, -0.2) is 65.0 Å². The van der Waals surface area contributed by atoms with Crippen molar-refractivity contribution in [1.29, 1.82) is 0 Å². The number of non-ortho nitro benzene ring substituents is 1. The van der Waals surface area contributed by atoms with Crippen molar-refractivity contribution in [3.63, 3.8) is 0 Å². The van der Waals surface area contributed by atoms with Crippen molar-refractivity contribution in [2.24, 2.45) is 0 Å². The average Bonchev–Trinajstić information content (AvgIpc) is 3.00. The molecular weight excluding hydrogens is 548 g/mol.